The molecule has 1 aliphatic heterocycles. The molecule has 1 N–H and O–H groups in total. The van der Waals surface area contributed by atoms with Crippen molar-refractivity contribution in [2.75, 3.05) is 11.9 Å². The van der Waals surface area contributed by atoms with Crippen molar-refractivity contribution in [2.24, 2.45) is 11.8 Å². The van der Waals surface area contributed by atoms with Gasteiger partial charge in [-0.3, -0.25) is 0 Å². The molecule has 1 unspecified atom stereocenters. The molecular formula is C14H24BrN3. The van der Waals surface area contributed by atoms with Crippen molar-refractivity contribution in [3.05, 3.63) is 10.2 Å². The normalized spacial score (nSPS) is 19.2. The van der Waals surface area contributed by atoms with Crippen LogP contribution in [0.2, 0.25) is 0 Å². The Morgan fingerprint density at radius 3 is 2.72 bits per heavy atom. The summed E-state index contributed by atoms with van der Waals surface area (Å²) < 4.78 is 3.38. The van der Waals surface area contributed by atoms with Crippen LogP contribution in [0.25, 0.3) is 0 Å². The number of halogens is 1. The summed E-state index contributed by atoms with van der Waals surface area (Å²) in [4.78, 5) is 0. The van der Waals surface area contributed by atoms with Crippen LogP contribution >= 0.6 is 15.9 Å². The van der Waals surface area contributed by atoms with E-state index in [2.05, 4.69) is 53.6 Å². The van der Waals surface area contributed by atoms with Gasteiger partial charge in [0.2, 0.25) is 0 Å². The van der Waals surface area contributed by atoms with E-state index in [0.717, 1.165) is 18.9 Å². The molecule has 0 aromatic carbocycles. The SMILES string of the molecule is CC(C)CCc1nn2c(c1Br)NCCC2C(C)C. The Hall–Kier alpha value is -0.510. The molecule has 1 aliphatic rings. The minimum Gasteiger partial charge on any atom is -0.369 e. The molecule has 0 saturated heterocycles. The summed E-state index contributed by atoms with van der Waals surface area (Å²) >= 11 is 3.72. The lowest BCUT2D eigenvalue weighted by Gasteiger charge is -2.28. The van der Waals surface area contributed by atoms with Crippen LogP contribution in [0, 0.1) is 11.8 Å². The van der Waals surface area contributed by atoms with Gasteiger partial charge >= 0.3 is 0 Å². The van der Waals surface area contributed by atoms with E-state index < -0.39 is 0 Å². The van der Waals surface area contributed by atoms with E-state index in [-0.39, 0.29) is 0 Å². The van der Waals surface area contributed by atoms with Crippen LogP contribution in [0.4, 0.5) is 5.82 Å². The molecule has 0 saturated carbocycles. The lowest BCUT2D eigenvalue weighted by Crippen LogP contribution is -2.27. The Bertz CT molecular complexity index is 409. The fourth-order valence-electron chi connectivity index (χ4n) is 2.52. The van der Waals surface area contributed by atoms with Crippen molar-refractivity contribution in [2.45, 2.75) is 53.0 Å². The number of aromatic nitrogens is 2. The highest BCUT2D eigenvalue weighted by Crippen LogP contribution is 2.36. The first kappa shape index (κ1) is 13.9. The molecule has 0 aliphatic carbocycles. The highest BCUT2D eigenvalue weighted by molar-refractivity contribution is 9.10. The third kappa shape index (κ3) is 2.73. The lowest BCUT2D eigenvalue weighted by atomic mass is 10.00. The molecule has 0 spiro atoms. The molecule has 0 amide bonds. The Morgan fingerprint density at radius 1 is 1.39 bits per heavy atom. The second-order valence-corrected chi connectivity index (χ2v) is 6.81. The standard InChI is InChI=1S/C14H24BrN3/c1-9(2)5-6-11-13(15)14-16-8-7-12(10(3)4)18(14)17-11/h9-10,12,16H,5-8H2,1-4H3. The fourth-order valence-corrected chi connectivity index (χ4v) is 3.12. The minimum absolute atomic E-state index is 0.533. The lowest BCUT2D eigenvalue weighted by molar-refractivity contribution is 0.321. The highest BCUT2D eigenvalue weighted by Gasteiger charge is 2.27. The number of nitrogens with zero attached hydrogens (tertiary/aromatic N) is 2. The maximum atomic E-state index is 4.83. The van der Waals surface area contributed by atoms with Crippen LogP contribution < -0.4 is 5.32 Å². The van der Waals surface area contributed by atoms with Crippen LogP contribution in [-0.2, 0) is 6.42 Å². The molecule has 2 rings (SSSR count). The zero-order valence-corrected chi connectivity index (χ0v) is 13.4. The predicted molar refractivity (Wildman–Crippen MR) is 80.1 cm³/mol. The van der Waals surface area contributed by atoms with E-state index in [1.807, 2.05) is 0 Å². The zero-order valence-electron chi connectivity index (χ0n) is 11.8. The van der Waals surface area contributed by atoms with Gasteiger partial charge in [0.1, 0.15) is 5.82 Å². The van der Waals surface area contributed by atoms with Crippen molar-refractivity contribution in [3.8, 4) is 0 Å². The summed E-state index contributed by atoms with van der Waals surface area (Å²) in [6, 6.07) is 0.533. The van der Waals surface area contributed by atoms with Crippen LogP contribution in [0.5, 0.6) is 0 Å². The van der Waals surface area contributed by atoms with Crippen molar-refractivity contribution in [1.82, 2.24) is 9.78 Å². The second-order valence-electron chi connectivity index (χ2n) is 6.01. The highest BCUT2D eigenvalue weighted by atomic mass is 79.9. The van der Waals surface area contributed by atoms with E-state index in [1.54, 1.807) is 0 Å². The first-order valence-corrected chi connectivity index (χ1v) is 7.80. The molecule has 3 nitrogen and oxygen atoms in total. The van der Waals surface area contributed by atoms with Crippen molar-refractivity contribution in [1.29, 1.82) is 0 Å². The number of hydrogen-bond acceptors (Lipinski definition) is 2. The quantitative estimate of drug-likeness (QED) is 0.900. The predicted octanol–water partition coefficient (Wildman–Crippen LogP) is 4.25. The van der Waals surface area contributed by atoms with E-state index >= 15 is 0 Å². The molecule has 0 bridgehead atoms. The largest absolute Gasteiger partial charge is 0.369 e. The van der Waals surface area contributed by atoms with Gasteiger partial charge in [0, 0.05) is 6.54 Å². The number of fused-ring (bicyclic) bond motifs is 1. The van der Waals surface area contributed by atoms with Crippen molar-refractivity contribution >= 4 is 21.7 Å². The summed E-state index contributed by atoms with van der Waals surface area (Å²) in [7, 11) is 0. The van der Waals surface area contributed by atoms with Gasteiger partial charge in [-0.05, 0) is 47.0 Å². The van der Waals surface area contributed by atoms with Gasteiger partial charge in [0.25, 0.3) is 0 Å². The molecule has 0 radical (unpaired) electrons. The molecule has 102 valence electrons. The van der Waals surface area contributed by atoms with Crippen LogP contribution in [0.15, 0.2) is 4.47 Å². The van der Waals surface area contributed by atoms with E-state index in [4.69, 9.17) is 5.10 Å². The molecule has 4 heteroatoms. The monoisotopic (exact) mass is 313 g/mol. The first-order valence-electron chi connectivity index (χ1n) is 7.01. The van der Waals surface area contributed by atoms with Crippen LogP contribution in [-0.4, -0.2) is 16.3 Å². The molecule has 0 fully saturated rings. The second kappa shape index (κ2) is 5.64. The number of anilines is 1. The van der Waals surface area contributed by atoms with Crippen LogP contribution in [0.1, 0.15) is 52.3 Å². The van der Waals surface area contributed by atoms with Crippen molar-refractivity contribution < 1.29 is 0 Å². The maximum Gasteiger partial charge on any atom is 0.139 e. The summed E-state index contributed by atoms with van der Waals surface area (Å²) in [5.74, 6) is 2.54. The summed E-state index contributed by atoms with van der Waals surface area (Å²) in [6.07, 6.45) is 3.43. The minimum atomic E-state index is 0.533. The smallest absolute Gasteiger partial charge is 0.139 e. The molecule has 18 heavy (non-hydrogen) atoms. The molecule has 2 heterocycles. The third-order valence-corrected chi connectivity index (χ3v) is 4.53. The van der Waals surface area contributed by atoms with E-state index in [0.29, 0.717) is 12.0 Å². The summed E-state index contributed by atoms with van der Waals surface area (Å²) in [5.41, 5.74) is 1.21. The Balaban J connectivity index is 2.25. The van der Waals surface area contributed by atoms with Gasteiger partial charge in [-0.25, -0.2) is 4.68 Å². The van der Waals surface area contributed by atoms with E-state index in [9.17, 15) is 0 Å². The van der Waals surface area contributed by atoms with Gasteiger partial charge in [0.05, 0.1) is 16.2 Å². The van der Waals surface area contributed by atoms with Gasteiger partial charge in [-0.2, -0.15) is 5.10 Å². The molecule has 1 atom stereocenters. The van der Waals surface area contributed by atoms with Gasteiger partial charge in [-0.1, -0.05) is 27.7 Å². The average Bonchev–Trinajstić information content (AvgIpc) is 2.63. The molecular weight excluding hydrogens is 290 g/mol. The number of nitrogens with one attached hydrogen (secondary N) is 1. The average molecular weight is 314 g/mol. The third-order valence-electron chi connectivity index (χ3n) is 3.69. The summed E-state index contributed by atoms with van der Waals surface area (Å²) in [5, 5.41) is 8.31. The van der Waals surface area contributed by atoms with Gasteiger partial charge in [0.15, 0.2) is 0 Å². The van der Waals surface area contributed by atoms with Crippen molar-refractivity contribution in [3.63, 3.8) is 0 Å². The summed E-state index contributed by atoms with van der Waals surface area (Å²) in [6.45, 7) is 10.1. The van der Waals surface area contributed by atoms with Gasteiger partial charge < -0.3 is 5.32 Å². The molecule has 1 aromatic rings. The number of rotatable bonds is 4. The zero-order chi connectivity index (χ0) is 13.3. The van der Waals surface area contributed by atoms with Crippen LogP contribution in [0.3, 0.4) is 0 Å². The Labute approximate surface area is 118 Å². The fraction of sp³-hybridized carbons (Fsp3) is 0.786. The van der Waals surface area contributed by atoms with E-state index in [1.165, 1.54) is 28.8 Å². The first-order chi connectivity index (χ1) is 8.50. The maximum absolute atomic E-state index is 4.83. The number of aryl methyl sites for hydroxylation is 1. The van der Waals surface area contributed by atoms with Gasteiger partial charge in [-0.15, -0.1) is 0 Å². The Kier molecular flexibility index (Phi) is 4.36. The number of hydrogen-bond donors (Lipinski definition) is 1. The topological polar surface area (TPSA) is 29.9 Å². The molecule has 1 aromatic heterocycles. The Morgan fingerprint density at radius 2 is 2.11 bits per heavy atom.